The fraction of sp³-hybridized carbons (Fsp3) is 0.467. The number of imidazole rings is 1. The van der Waals surface area contributed by atoms with Crippen LogP contribution in [-0.2, 0) is 11.2 Å². The van der Waals surface area contributed by atoms with E-state index in [1.54, 1.807) is 0 Å². The molecular weight excluding hydrogens is 238 g/mol. The molecule has 1 amide bonds. The maximum Gasteiger partial charge on any atom is 0.220 e. The number of amides is 1. The number of rotatable bonds is 6. The quantitative estimate of drug-likeness (QED) is 0.866. The highest BCUT2D eigenvalue weighted by Gasteiger charge is 2.04. The van der Waals surface area contributed by atoms with Crippen molar-refractivity contribution in [2.75, 3.05) is 6.54 Å². The maximum absolute atomic E-state index is 11.5. The molecule has 4 heteroatoms. The number of aromatic nitrogens is 2. The third-order valence-electron chi connectivity index (χ3n) is 3.21. The number of nitrogens with one attached hydrogen (secondary N) is 1. The van der Waals surface area contributed by atoms with Crippen molar-refractivity contribution in [2.45, 2.75) is 39.5 Å². The molecule has 0 bridgehead atoms. The number of fused-ring (bicyclic) bond motifs is 1. The van der Waals surface area contributed by atoms with Crippen molar-refractivity contribution in [1.82, 2.24) is 14.7 Å². The van der Waals surface area contributed by atoms with Gasteiger partial charge in [0.2, 0.25) is 5.91 Å². The third kappa shape index (κ3) is 3.56. The molecule has 2 heterocycles. The molecule has 2 aromatic rings. The van der Waals surface area contributed by atoms with Gasteiger partial charge in [-0.3, -0.25) is 4.79 Å². The van der Waals surface area contributed by atoms with Crippen LogP contribution in [-0.4, -0.2) is 21.8 Å². The molecule has 0 aliphatic heterocycles. The number of carbonyl (C=O) groups excluding carboxylic acids is 1. The van der Waals surface area contributed by atoms with Crippen LogP contribution in [0.5, 0.6) is 0 Å². The van der Waals surface area contributed by atoms with Crippen molar-refractivity contribution in [3.63, 3.8) is 0 Å². The summed E-state index contributed by atoms with van der Waals surface area (Å²) in [5.74, 6) is 0.141. The SMILES string of the molecule is CCCCC(=O)NCCc1cn2c(C)cccc2n1. The van der Waals surface area contributed by atoms with Crippen LogP contribution in [0.2, 0.25) is 0 Å². The first-order chi connectivity index (χ1) is 9.20. The first-order valence-corrected chi connectivity index (χ1v) is 6.91. The molecule has 0 aliphatic rings. The smallest absolute Gasteiger partial charge is 0.220 e. The summed E-state index contributed by atoms with van der Waals surface area (Å²) in [6, 6.07) is 6.06. The van der Waals surface area contributed by atoms with Crippen LogP contribution in [0.4, 0.5) is 0 Å². The lowest BCUT2D eigenvalue weighted by Gasteiger charge is -2.02. The highest BCUT2D eigenvalue weighted by atomic mass is 16.1. The van der Waals surface area contributed by atoms with Crippen LogP contribution < -0.4 is 5.32 Å². The van der Waals surface area contributed by atoms with Crippen LogP contribution >= 0.6 is 0 Å². The van der Waals surface area contributed by atoms with E-state index >= 15 is 0 Å². The number of hydrogen-bond acceptors (Lipinski definition) is 2. The molecule has 0 saturated heterocycles. The van der Waals surface area contributed by atoms with Gasteiger partial charge in [0, 0.05) is 31.3 Å². The van der Waals surface area contributed by atoms with E-state index in [1.807, 2.05) is 18.3 Å². The number of hydrogen-bond donors (Lipinski definition) is 1. The molecule has 4 nitrogen and oxygen atoms in total. The molecule has 0 aliphatic carbocycles. The summed E-state index contributed by atoms with van der Waals surface area (Å²) in [5.41, 5.74) is 3.15. The van der Waals surface area contributed by atoms with E-state index in [0.29, 0.717) is 13.0 Å². The van der Waals surface area contributed by atoms with Gasteiger partial charge in [-0.05, 0) is 25.5 Å². The van der Waals surface area contributed by atoms with Gasteiger partial charge in [-0.2, -0.15) is 0 Å². The lowest BCUT2D eigenvalue weighted by molar-refractivity contribution is -0.121. The Bertz CT molecular complexity index is 560. The minimum atomic E-state index is 0.141. The van der Waals surface area contributed by atoms with Gasteiger partial charge in [0.15, 0.2) is 0 Å². The van der Waals surface area contributed by atoms with Gasteiger partial charge < -0.3 is 9.72 Å². The summed E-state index contributed by atoms with van der Waals surface area (Å²) in [4.78, 5) is 16.0. The van der Waals surface area contributed by atoms with Crippen LogP contribution in [0.1, 0.15) is 37.6 Å². The number of pyridine rings is 1. The monoisotopic (exact) mass is 259 g/mol. The zero-order chi connectivity index (χ0) is 13.7. The lowest BCUT2D eigenvalue weighted by Crippen LogP contribution is -2.25. The van der Waals surface area contributed by atoms with Gasteiger partial charge >= 0.3 is 0 Å². The number of nitrogens with zero attached hydrogens (tertiary/aromatic N) is 2. The zero-order valence-electron chi connectivity index (χ0n) is 11.6. The average Bonchev–Trinajstić information content (AvgIpc) is 2.81. The zero-order valence-corrected chi connectivity index (χ0v) is 11.6. The van der Waals surface area contributed by atoms with Crippen molar-refractivity contribution in [3.05, 3.63) is 35.8 Å². The fourth-order valence-corrected chi connectivity index (χ4v) is 2.07. The Morgan fingerprint density at radius 3 is 3.00 bits per heavy atom. The number of aryl methyl sites for hydroxylation is 1. The minimum absolute atomic E-state index is 0.141. The molecule has 19 heavy (non-hydrogen) atoms. The van der Waals surface area contributed by atoms with E-state index in [0.717, 1.165) is 30.6 Å². The standard InChI is InChI=1S/C15H21N3O/c1-3-4-8-15(19)16-10-9-13-11-18-12(2)6-5-7-14(18)17-13/h5-7,11H,3-4,8-10H2,1-2H3,(H,16,19). The summed E-state index contributed by atoms with van der Waals surface area (Å²) in [7, 11) is 0. The van der Waals surface area contributed by atoms with Crippen LogP contribution in [0.3, 0.4) is 0 Å². The summed E-state index contributed by atoms with van der Waals surface area (Å²) in [6.07, 6.45) is 5.46. The van der Waals surface area contributed by atoms with E-state index in [-0.39, 0.29) is 5.91 Å². The van der Waals surface area contributed by atoms with Crippen molar-refractivity contribution < 1.29 is 4.79 Å². The molecule has 0 unspecified atom stereocenters. The second-order valence-electron chi connectivity index (χ2n) is 4.83. The van der Waals surface area contributed by atoms with Crippen LogP contribution in [0.15, 0.2) is 24.4 Å². The number of unbranched alkanes of at least 4 members (excludes halogenated alkanes) is 1. The predicted octanol–water partition coefficient (Wildman–Crippen LogP) is 2.49. The molecule has 2 rings (SSSR count). The Morgan fingerprint density at radius 2 is 2.26 bits per heavy atom. The Hall–Kier alpha value is -1.84. The second-order valence-corrected chi connectivity index (χ2v) is 4.83. The normalized spacial score (nSPS) is 10.8. The van der Waals surface area contributed by atoms with E-state index < -0.39 is 0 Å². The summed E-state index contributed by atoms with van der Waals surface area (Å²) in [6.45, 7) is 4.81. The Morgan fingerprint density at radius 1 is 1.42 bits per heavy atom. The first kappa shape index (κ1) is 13.6. The number of carbonyl (C=O) groups is 1. The molecule has 1 N–H and O–H groups in total. The van der Waals surface area contributed by atoms with Crippen LogP contribution in [0, 0.1) is 6.92 Å². The molecule has 0 atom stereocenters. The lowest BCUT2D eigenvalue weighted by atomic mass is 10.2. The summed E-state index contributed by atoms with van der Waals surface area (Å²) < 4.78 is 2.08. The van der Waals surface area contributed by atoms with Crippen molar-refractivity contribution in [3.8, 4) is 0 Å². The van der Waals surface area contributed by atoms with E-state index in [1.165, 1.54) is 5.69 Å². The van der Waals surface area contributed by atoms with E-state index in [4.69, 9.17) is 0 Å². The molecule has 0 radical (unpaired) electrons. The van der Waals surface area contributed by atoms with Gasteiger partial charge in [0.1, 0.15) is 5.65 Å². The molecular formula is C15H21N3O. The molecule has 0 saturated carbocycles. The first-order valence-electron chi connectivity index (χ1n) is 6.91. The van der Waals surface area contributed by atoms with Crippen LogP contribution in [0.25, 0.3) is 5.65 Å². The third-order valence-corrected chi connectivity index (χ3v) is 3.21. The Kier molecular flexibility index (Phi) is 4.55. The van der Waals surface area contributed by atoms with Crippen molar-refractivity contribution in [2.24, 2.45) is 0 Å². The second kappa shape index (κ2) is 6.36. The highest BCUT2D eigenvalue weighted by molar-refractivity contribution is 5.75. The van der Waals surface area contributed by atoms with Gasteiger partial charge in [-0.1, -0.05) is 19.4 Å². The Labute approximate surface area is 113 Å². The summed E-state index contributed by atoms with van der Waals surface area (Å²) >= 11 is 0. The molecule has 0 fully saturated rings. The largest absolute Gasteiger partial charge is 0.356 e. The Balaban J connectivity index is 1.88. The van der Waals surface area contributed by atoms with Gasteiger partial charge in [-0.15, -0.1) is 0 Å². The molecule has 0 aromatic carbocycles. The molecule has 2 aromatic heterocycles. The van der Waals surface area contributed by atoms with Gasteiger partial charge in [0.25, 0.3) is 0 Å². The minimum Gasteiger partial charge on any atom is -0.356 e. The van der Waals surface area contributed by atoms with E-state index in [9.17, 15) is 4.79 Å². The van der Waals surface area contributed by atoms with Gasteiger partial charge in [-0.25, -0.2) is 4.98 Å². The van der Waals surface area contributed by atoms with E-state index in [2.05, 4.69) is 34.6 Å². The van der Waals surface area contributed by atoms with Gasteiger partial charge in [0.05, 0.1) is 5.69 Å². The van der Waals surface area contributed by atoms with Crippen molar-refractivity contribution >= 4 is 11.6 Å². The highest BCUT2D eigenvalue weighted by Crippen LogP contribution is 2.08. The van der Waals surface area contributed by atoms with Crippen molar-refractivity contribution in [1.29, 1.82) is 0 Å². The molecule has 0 spiro atoms. The molecule has 102 valence electrons. The maximum atomic E-state index is 11.5. The average molecular weight is 259 g/mol. The predicted molar refractivity (Wildman–Crippen MR) is 76.2 cm³/mol. The topological polar surface area (TPSA) is 46.4 Å². The summed E-state index contributed by atoms with van der Waals surface area (Å²) in [5, 5.41) is 2.94. The fourth-order valence-electron chi connectivity index (χ4n) is 2.07.